The smallest absolute Gasteiger partial charge is 0.323 e. The fourth-order valence-electron chi connectivity index (χ4n) is 1.50. The molecule has 0 spiro atoms. The Morgan fingerprint density at radius 1 is 1.47 bits per heavy atom. The van der Waals surface area contributed by atoms with Crippen molar-refractivity contribution in [2.75, 3.05) is 0 Å². The average Bonchev–Trinajstić information content (AvgIpc) is 2.58. The van der Waals surface area contributed by atoms with E-state index in [9.17, 15) is 9.59 Å². The zero-order valence-electron chi connectivity index (χ0n) is 8.24. The fourth-order valence-corrected chi connectivity index (χ4v) is 1.67. The molecule has 0 unspecified atom stereocenters. The van der Waals surface area contributed by atoms with Gasteiger partial charge in [0.15, 0.2) is 11.2 Å². The highest BCUT2D eigenvalue weighted by atomic mass is 35.5. The highest BCUT2D eigenvalue weighted by molar-refractivity contribution is 6.28. The van der Waals surface area contributed by atoms with Crippen LogP contribution in [0.4, 0.5) is 0 Å². The normalized spacial score (nSPS) is 11.1. The molecule has 0 aliphatic rings. The number of nitrogens with one attached hydrogen (secondary N) is 1. The molecule has 2 heterocycles. The van der Waals surface area contributed by atoms with Crippen molar-refractivity contribution >= 4 is 22.8 Å². The Hall–Kier alpha value is -1.56. The van der Waals surface area contributed by atoms with Crippen molar-refractivity contribution in [2.45, 2.75) is 13.5 Å². The van der Waals surface area contributed by atoms with Gasteiger partial charge in [0.05, 0.1) is 0 Å². The minimum atomic E-state index is -0.394. The van der Waals surface area contributed by atoms with Crippen molar-refractivity contribution in [1.82, 2.24) is 19.1 Å². The fraction of sp³-hybridized carbons (Fsp3) is 0.375. The highest BCUT2D eigenvalue weighted by Gasteiger charge is 2.13. The summed E-state index contributed by atoms with van der Waals surface area (Å²) in [7, 11) is 1.55. The van der Waals surface area contributed by atoms with E-state index in [-0.39, 0.29) is 16.4 Å². The van der Waals surface area contributed by atoms with Crippen molar-refractivity contribution in [3.63, 3.8) is 0 Å². The first kappa shape index (κ1) is 9.97. The van der Waals surface area contributed by atoms with Crippen molar-refractivity contribution < 1.29 is 0 Å². The summed E-state index contributed by atoms with van der Waals surface area (Å²) in [6.07, 6.45) is 0. The molecule has 0 atom stereocenters. The van der Waals surface area contributed by atoms with Gasteiger partial charge in [-0.2, -0.15) is 4.98 Å². The van der Waals surface area contributed by atoms with Crippen LogP contribution < -0.4 is 11.2 Å². The van der Waals surface area contributed by atoms with Gasteiger partial charge in [-0.15, -0.1) is 0 Å². The molecular weight excluding hydrogens is 220 g/mol. The summed E-state index contributed by atoms with van der Waals surface area (Å²) in [5, 5.41) is 0.103. The largest absolute Gasteiger partial charge is 0.332 e. The number of hydrogen-bond acceptors (Lipinski definition) is 3. The molecule has 0 aliphatic heterocycles. The van der Waals surface area contributed by atoms with E-state index in [0.717, 1.165) is 4.57 Å². The maximum atomic E-state index is 11.8. The molecule has 2 aromatic heterocycles. The molecule has 0 fully saturated rings. The molecular formula is C8H9ClN4O2. The van der Waals surface area contributed by atoms with Gasteiger partial charge in [-0.3, -0.25) is 13.9 Å². The van der Waals surface area contributed by atoms with E-state index in [2.05, 4.69) is 9.97 Å². The van der Waals surface area contributed by atoms with Gasteiger partial charge < -0.3 is 4.98 Å². The molecule has 15 heavy (non-hydrogen) atoms. The lowest BCUT2D eigenvalue weighted by Crippen LogP contribution is -2.38. The summed E-state index contributed by atoms with van der Waals surface area (Å²) in [5.41, 5.74) is -0.253. The van der Waals surface area contributed by atoms with E-state index in [4.69, 9.17) is 11.6 Å². The topological polar surface area (TPSA) is 72.7 Å². The molecule has 0 amide bonds. The minimum absolute atomic E-state index is 0.103. The Balaban J connectivity index is 3.09. The number of rotatable bonds is 1. The third-order valence-electron chi connectivity index (χ3n) is 2.27. The van der Waals surface area contributed by atoms with Gasteiger partial charge in [0.1, 0.15) is 0 Å². The zero-order chi connectivity index (χ0) is 11.2. The molecule has 0 saturated heterocycles. The number of fused-ring (bicyclic) bond motifs is 1. The molecule has 1 N–H and O–H groups in total. The van der Waals surface area contributed by atoms with Crippen molar-refractivity contribution in [2.24, 2.45) is 7.05 Å². The predicted octanol–water partition coefficient (Wildman–Crippen LogP) is 0.0966. The van der Waals surface area contributed by atoms with Gasteiger partial charge in [0, 0.05) is 13.6 Å². The quantitative estimate of drug-likeness (QED) is 0.704. The van der Waals surface area contributed by atoms with Crippen molar-refractivity contribution in [3.05, 3.63) is 26.1 Å². The number of aromatic nitrogens is 4. The van der Waals surface area contributed by atoms with E-state index in [1.54, 1.807) is 14.0 Å². The second-order valence-electron chi connectivity index (χ2n) is 3.12. The number of nitrogens with zero attached hydrogens (tertiary/aromatic N) is 3. The van der Waals surface area contributed by atoms with E-state index in [0.29, 0.717) is 6.54 Å². The van der Waals surface area contributed by atoms with Gasteiger partial charge in [0.25, 0.3) is 5.56 Å². The van der Waals surface area contributed by atoms with E-state index in [1.807, 2.05) is 0 Å². The standard InChI is InChI=1S/C8H9ClN4O2/c1-3-13-6(14)4-5(11-7(9)10-4)12(2)8(13)15/h3H2,1-2H3,(H,10,11). The second kappa shape index (κ2) is 3.23. The van der Waals surface area contributed by atoms with Crippen molar-refractivity contribution in [1.29, 1.82) is 0 Å². The molecule has 2 aromatic rings. The van der Waals surface area contributed by atoms with E-state index in [1.165, 1.54) is 4.57 Å². The lowest BCUT2D eigenvalue weighted by atomic mass is 10.5. The Morgan fingerprint density at radius 3 is 2.73 bits per heavy atom. The molecule has 2 rings (SSSR count). The van der Waals surface area contributed by atoms with Crippen LogP contribution in [0.25, 0.3) is 11.2 Å². The predicted molar refractivity (Wildman–Crippen MR) is 56.3 cm³/mol. The second-order valence-corrected chi connectivity index (χ2v) is 3.48. The lowest BCUT2D eigenvalue weighted by molar-refractivity contribution is 0.637. The molecule has 6 nitrogen and oxygen atoms in total. The van der Waals surface area contributed by atoms with E-state index < -0.39 is 11.2 Å². The third kappa shape index (κ3) is 1.29. The third-order valence-corrected chi connectivity index (χ3v) is 2.45. The van der Waals surface area contributed by atoms with Crippen LogP contribution in [0, 0.1) is 0 Å². The molecule has 0 bridgehead atoms. The summed E-state index contributed by atoms with van der Waals surface area (Å²) in [5.74, 6) is 0. The van der Waals surface area contributed by atoms with Crippen LogP contribution in [0.3, 0.4) is 0 Å². The number of hydrogen-bond donors (Lipinski definition) is 1. The first-order valence-electron chi connectivity index (χ1n) is 4.41. The molecule has 0 aromatic carbocycles. The summed E-state index contributed by atoms with van der Waals surface area (Å²) in [6, 6.07) is 0. The molecule has 0 saturated carbocycles. The van der Waals surface area contributed by atoms with E-state index >= 15 is 0 Å². The van der Waals surface area contributed by atoms with Gasteiger partial charge in [0.2, 0.25) is 5.28 Å². The number of imidazole rings is 1. The summed E-state index contributed by atoms with van der Waals surface area (Å²) < 4.78 is 2.42. The number of H-pyrrole nitrogens is 1. The van der Waals surface area contributed by atoms with Crippen molar-refractivity contribution in [3.8, 4) is 0 Å². The maximum absolute atomic E-state index is 11.8. The highest BCUT2D eigenvalue weighted by Crippen LogP contribution is 2.07. The Kier molecular flexibility index (Phi) is 2.15. The first-order valence-corrected chi connectivity index (χ1v) is 4.79. The number of aromatic amines is 1. The maximum Gasteiger partial charge on any atom is 0.332 e. The molecule has 7 heteroatoms. The van der Waals surface area contributed by atoms with Gasteiger partial charge in [-0.05, 0) is 18.5 Å². The van der Waals surface area contributed by atoms with Crippen LogP contribution in [0.2, 0.25) is 5.28 Å². The number of aryl methyl sites for hydroxylation is 1. The van der Waals surface area contributed by atoms with Gasteiger partial charge >= 0.3 is 5.69 Å². The first-order chi connectivity index (χ1) is 7.06. The van der Waals surface area contributed by atoms with Crippen LogP contribution in [0.5, 0.6) is 0 Å². The van der Waals surface area contributed by atoms with Gasteiger partial charge in [-0.25, -0.2) is 4.79 Å². The van der Waals surface area contributed by atoms with Gasteiger partial charge in [-0.1, -0.05) is 0 Å². The molecule has 0 radical (unpaired) electrons. The van der Waals surface area contributed by atoms with Crippen LogP contribution >= 0.6 is 11.6 Å². The molecule has 0 aliphatic carbocycles. The Bertz CT molecular complexity index is 636. The van der Waals surface area contributed by atoms with Crippen LogP contribution in [0.15, 0.2) is 9.59 Å². The monoisotopic (exact) mass is 228 g/mol. The summed E-state index contributed by atoms with van der Waals surface area (Å²) >= 11 is 5.64. The van der Waals surface area contributed by atoms with Crippen LogP contribution in [-0.4, -0.2) is 19.1 Å². The number of halogens is 1. The van der Waals surface area contributed by atoms with Crippen LogP contribution in [0.1, 0.15) is 6.92 Å². The Labute approximate surface area is 89.1 Å². The average molecular weight is 229 g/mol. The lowest BCUT2D eigenvalue weighted by Gasteiger charge is -2.03. The zero-order valence-corrected chi connectivity index (χ0v) is 9.00. The summed E-state index contributed by atoms with van der Waals surface area (Å²) in [4.78, 5) is 29.9. The van der Waals surface area contributed by atoms with Crippen LogP contribution in [-0.2, 0) is 13.6 Å². The SMILES string of the molecule is CCn1c(=O)c2[nH]c(Cl)nc2n(C)c1=O. The molecule has 80 valence electrons. The Morgan fingerprint density at radius 2 is 2.13 bits per heavy atom. The minimum Gasteiger partial charge on any atom is -0.323 e. The summed E-state index contributed by atoms with van der Waals surface area (Å²) in [6.45, 7) is 2.05.